The van der Waals surface area contributed by atoms with E-state index in [9.17, 15) is 14.7 Å². The number of phenolic OH excluding ortho intramolecular Hbond substituents is 1. The molecule has 0 saturated carbocycles. The Bertz CT molecular complexity index is 950. The summed E-state index contributed by atoms with van der Waals surface area (Å²) in [7, 11) is 1.72. The van der Waals surface area contributed by atoms with E-state index in [1.165, 1.54) is 18.6 Å². The van der Waals surface area contributed by atoms with E-state index in [1.54, 1.807) is 24.0 Å². The number of carbonyl (C=O) groups is 2. The van der Waals surface area contributed by atoms with Gasteiger partial charge in [-0.1, -0.05) is 0 Å². The van der Waals surface area contributed by atoms with Gasteiger partial charge in [-0.25, -0.2) is 0 Å². The van der Waals surface area contributed by atoms with E-state index in [-0.39, 0.29) is 16.8 Å². The first-order chi connectivity index (χ1) is 11.5. The second-order valence-corrected chi connectivity index (χ2v) is 5.05. The molecule has 0 aliphatic carbocycles. The average Bonchev–Trinajstić information content (AvgIpc) is 2.98. The normalized spacial score (nSPS) is 10.7. The third-order valence-electron chi connectivity index (χ3n) is 3.38. The minimum Gasteiger partial charge on any atom is -0.506 e. The SMILES string of the molecule is Cn1cc(-c2cc3nccnc3c(C(=O)NCC(=O)O)c2O)cn1. The fourth-order valence-electron chi connectivity index (χ4n) is 2.34. The molecule has 122 valence electrons. The van der Waals surface area contributed by atoms with Crippen LogP contribution in [-0.4, -0.2) is 48.4 Å². The number of aromatic hydroxyl groups is 1. The van der Waals surface area contributed by atoms with E-state index in [1.807, 2.05) is 0 Å². The highest BCUT2D eigenvalue weighted by molar-refractivity contribution is 6.10. The molecule has 9 nitrogen and oxygen atoms in total. The second kappa shape index (κ2) is 5.95. The number of fused-ring (bicyclic) bond motifs is 1. The van der Waals surface area contributed by atoms with Crippen molar-refractivity contribution in [2.75, 3.05) is 6.54 Å². The molecule has 0 aliphatic rings. The van der Waals surface area contributed by atoms with Crippen molar-refractivity contribution in [2.24, 2.45) is 7.05 Å². The number of nitrogens with one attached hydrogen (secondary N) is 1. The van der Waals surface area contributed by atoms with Crippen molar-refractivity contribution in [3.8, 4) is 16.9 Å². The quantitative estimate of drug-likeness (QED) is 0.638. The number of hydrogen-bond acceptors (Lipinski definition) is 6. The van der Waals surface area contributed by atoms with Crippen molar-refractivity contribution in [3.63, 3.8) is 0 Å². The molecular formula is C15H13N5O4. The van der Waals surface area contributed by atoms with Crippen molar-refractivity contribution in [1.82, 2.24) is 25.1 Å². The first kappa shape index (κ1) is 15.4. The maximum absolute atomic E-state index is 12.3. The van der Waals surface area contributed by atoms with Gasteiger partial charge in [0.05, 0.1) is 11.7 Å². The lowest BCUT2D eigenvalue weighted by atomic mass is 10.0. The fourth-order valence-corrected chi connectivity index (χ4v) is 2.34. The fraction of sp³-hybridized carbons (Fsp3) is 0.133. The number of carboxylic acids is 1. The number of phenols is 1. The average molecular weight is 327 g/mol. The Morgan fingerprint density at radius 1 is 1.29 bits per heavy atom. The molecule has 24 heavy (non-hydrogen) atoms. The highest BCUT2D eigenvalue weighted by Gasteiger charge is 2.22. The predicted molar refractivity (Wildman–Crippen MR) is 83.4 cm³/mol. The van der Waals surface area contributed by atoms with Gasteiger partial charge < -0.3 is 15.5 Å². The van der Waals surface area contributed by atoms with Gasteiger partial charge in [-0.2, -0.15) is 5.10 Å². The van der Waals surface area contributed by atoms with E-state index >= 15 is 0 Å². The Balaban J connectivity index is 2.20. The van der Waals surface area contributed by atoms with Crippen molar-refractivity contribution in [2.45, 2.75) is 0 Å². The number of aromatic nitrogens is 4. The van der Waals surface area contributed by atoms with Crippen LogP contribution in [0.1, 0.15) is 10.4 Å². The summed E-state index contributed by atoms with van der Waals surface area (Å²) in [5.41, 5.74) is 1.41. The predicted octanol–water partition coefficient (Wildman–Crippen LogP) is 0.550. The zero-order chi connectivity index (χ0) is 17.3. The van der Waals surface area contributed by atoms with E-state index in [4.69, 9.17) is 5.11 Å². The topological polar surface area (TPSA) is 130 Å². The summed E-state index contributed by atoms with van der Waals surface area (Å²) in [6.45, 7) is -0.572. The highest BCUT2D eigenvalue weighted by atomic mass is 16.4. The van der Waals surface area contributed by atoms with Crippen molar-refractivity contribution < 1.29 is 19.8 Å². The molecule has 0 atom stereocenters. The van der Waals surface area contributed by atoms with Gasteiger partial charge in [0.15, 0.2) is 0 Å². The van der Waals surface area contributed by atoms with Gasteiger partial charge >= 0.3 is 5.97 Å². The van der Waals surface area contributed by atoms with Gasteiger partial charge in [-0.15, -0.1) is 0 Å². The molecule has 2 heterocycles. The zero-order valence-electron chi connectivity index (χ0n) is 12.6. The number of nitrogens with zero attached hydrogens (tertiary/aromatic N) is 4. The third kappa shape index (κ3) is 2.74. The summed E-state index contributed by atoms with van der Waals surface area (Å²) in [6, 6.07) is 1.60. The number of aliphatic carboxylic acids is 1. The molecule has 1 aromatic carbocycles. The van der Waals surface area contributed by atoms with Crippen LogP contribution in [0.15, 0.2) is 30.9 Å². The van der Waals surface area contributed by atoms with Crippen LogP contribution in [0.2, 0.25) is 0 Å². The minimum atomic E-state index is -1.19. The summed E-state index contributed by atoms with van der Waals surface area (Å²) < 4.78 is 1.56. The number of rotatable bonds is 4. The Morgan fingerprint density at radius 3 is 2.71 bits per heavy atom. The smallest absolute Gasteiger partial charge is 0.322 e. The van der Waals surface area contributed by atoms with Crippen LogP contribution in [0.25, 0.3) is 22.2 Å². The monoisotopic (exact) mass is 327 g/mol. The van der Waals surface area contributed by atoms with Gasteiger partial charge in [0, 0.05) is 36.8 Å². The van der Waals surface area contributed by atoms with Gasteiger partial charge in [0.2, 0.25) is 0 Å². The lowest BCUT2D eigenvalue weighted by Crippen LogP contribution is -2.29. The Morgan fingerprint density at radius 2 is 2.04 bits per heavy atom. The van der Waals surface area contributed by atoms with Gasteiger partial charge in [-0.05, 0) is 6.07 Å². The lowest BCUT2D eigenvalue weighted by Gasteiger charge is -2.11. The highest BCUT2D eigenvalue weighted by Crippen LogP contribution is 2.36. The molecule has 0 unspecified atom stereocenters. The largest absolute Gasteiger partial charge is 0.506 e. The van der Waals surface area contributed by atoms with Crippen LogP contribution < -0.4 is 5.32 Å². The first-order valence-corrected chi connectivity index (χ1v) is 6.93. The maximum Gasteiger partial charge on any atom is 0.322 e. The zero-order valence-corrected chi connectivity index (χ0v) is 12.6. The number of aryl methyl sites for hydroxylation is 1. The van der Waals surface area contributed by atoms with E-state index < -0.39 is 18.4 Å². The van der Waals surface area contributed by atoms with Crippen LogP contribution in [0.3, 0.4) is 0 Å². The van der Waals surface area contributed by atoms with E-state index in [0.29, 0.717) is 16.6 Å². The van der Waals surface area contributed by atoms with Crippen LogP contribution in [0.4, 0.5) is 0 Å². The molecule has 9 heteroatoms. The van der Waals surface area contributed by atoms with Crippen molar-refractivity contribution in [1.29, 1.82) is 0 Å². The van der Waals surface area contributed by atoms with Crippen molar-refractivity contribution in [3.05, 3.63) is 36.4 Å². The van der Waals surface area contributed by atoms with Crippen molar-refractivity contribution >= 4 is 22.9 Å². The molecular weight excluding hydrogens is 314 g/mol. The summed E-state index contributed by atoms with van der Waals surface area (Å²) >= 11 is 0. The number of amides is 1. The number of carbonyl (C=O) groups excluding carboxylic acids is 1. The maximum atomic E-state index is 12.3. The van der Waals surface area contributed by atoms with Crippen LogP contribution >= 0.6 is 0 Å². The number of hydrogen-bond donors (Lipinski definition) is 3. The summed E-state index contributed by atoms with van der Waals surface area (Å²) in [4.78, 5) is 31.2. The molecule has 0 aliphatic heterocycles. The lowest BCUT2D eigenvalue weighted by molar-refractivity contribution is -0.135. The van der Waals surface area contributed by atoms with Crippen LogP contribution in [0.5, 0.6) is 5.75 Å². The molecule has 1 amide bonds. The first-order valence-electron chi connectivity index (χ1n) is 6.93. The standard InChI is InChI=1S/C15H13N5O4/c1-20-7-8(5-19-20)9-4-10-13(17-3-2-16-10)12(14(9)23)15(24)18-6-11(21)22/h2-5,7,23H,6H2,1H3,(H,18,24)(H,21,22). The third-order valence-corrected chi connectivity index (χ3v) is 3.38. The summed E-state index contributed by atoms with van der Waals surface area (Å²) in [6.07, 6.45) is 6.07. The molecule has 2 aromatic heterocycles. The molecule has 3 aromatic rings. The van der Waals surface area contributed by atoms with E-state index in [0.717, 1.165) is 0 Å². The second-order valence-electron chi connectivity index (χ2n) is 5.05. The van der Waals surface area contributed by atoms with E-state index in [2.05, 4.69) is 20.4 Å². The van der Waals surface area contributed by atoms with Gasteiger partial charge in [0.25, 0.3) is 5.91 Å². The molecule has 3 rings (SSSR count). The number of benzene rings is 1. The van der Waals surface area contributed by atoms with Gasteiger partial charge in [-0.3, -0.25) is 24.2 Å². The molecule has 0 bridgehead atoms. The van der Waals surface area contributed by atoms with Crippen LogP contribution in [-0.2, 0) is 11.8 Å². The Kier molecular flexibility index (Phi) is 3.82. The number of carboxylic acid groups (broad SMARTS) is 1. The molecule has 3 N–H and O–H groups in total. The van der Waals surface area contributed by atoms with Crippen LogP contribution in [0, 0.1) is 0 Å². The molecule has 0 spiro atoms. The molecule has 0 radical (unpaired) electrons. The summed E-state index contributed by atoms with van der Waals surface area (Å²) in [5.74, 6) is -2.24. The Labute approximate surface area is 135 Å². The Hall–Kier alpha value is -3.49. The minimum absolute atomic E-state index is 0.124. The molecule has 0 fully saturated rings. The van der Waals surface area contributed by atoms with Gasteiger partial charge in [0.1, 0.15) is 23.4 Å². The summed E-state index contributed by atoms with van der Waals surface area (Å²) in [5, 5.41) is 25.6. The molecule has 0 saturated heterocycles.